The lowest BCUT2D eigenvalue weighted by molar-refractivity contribution is -0.127. The van der Waals surface area contributed by atoms with Gasteiger partial charge in [-0.2, -0.15) is 5.10 Å². The minimum Gasteiger partial charge on any atom is -0.316 e. The standard InChI is InChI=1S/C14H22ClN3O/c1-4-14(6-7-16-9-14)12(19)8-11-13(15)10(3)17-18(11)5-2/h16H,4-9H2,1-3H3. The Morgan fingerprint density at radius 1 is 1.53 bits per heavy atom. The van der Waals surface area contributed by atoms with Crippen LogP contribution in [0.1, 0.15) is 38.1 Å². The van der Waals surface area contributed by atoms with Crippen LogP contribution in [0.25, 0.3) is 0 Å². The van der Waals surface area contributed by atoms with E-state index in [1.54, 1.807) is 0 Å². The molecule has 4 nitrogen and oxygen atoms in total. The zero-order valence-electron chi connectivity index (χ0n) is 11.9. The van der Waals surface area contributed by atoms with Gasteiger partial charge < -0.3 is 5.32 Å². The maximum Gasteiger partial charge on any atom is 0.146 e. The van der Waals surface area contributed by atoms with Gasteiger partial charge in [-0.25, -0.2) is 0 Å². The van der Waals surface area contributed by atoms with Gasteiger partial charge in [0, 0.05) is 18.5 Å². The molecule has 1 N–H and O–H groups in total. The van der Waals surface area contributed by atoms with Crippen molar-refractivity contribution in [2.45, 2.75) is 46.6 Å². The number of aryl methyl sites for hydroxylation is 2. The fourth-order valence-corrected chi connectivity index (χ4v) is 3.06. The summed E-state index contributed by atoms with van der Waals surface area (Å²) >= 11 is 6.28. The van der Waals surface area contributed by atoms with Crippen LogP contribution in [-0.4, -0.2) is 28.7 Å². The molecule has 1 atom stereocenters. The first-order valence-corrected chi connectivity index (χ1v) is 7.37. The number of nitrogens with zero attached hydrogens (tertiary/aromatic N) is 2. The lowest BCUT2D eigenvalue weighted by atomic mass is 9.78. The minimum atomic E-state index is -0.208. The number of ketones is 1. The molecule has 1 aliphatic heterocycles. The summed E-state index contributed by atoms with van der Waals surface area (Å²) in [5.41, 5.74) is 1.47. The van der Waals surface area contributed by atoms with Crippen LogP contribution in [0.3, 0.4) is 0 Å². The molecule has 0 spiro atoms. The van der Waals surface area contributed by atoms with E-state index in [0.717, 1.165) is 43.9 Å². The van der Waals surface area contributed by atoms with E-state index in [1.165, 1.54) is 0 Å². The van der Waals surface area contributed by atoms with Crippen molar-refractivity contribution in [1.29, 1.82) is 0 Å². The zero-order valence-corrected chi connectivity index (χ0v) is 12.7. The van der Waals surface area contributed by atoms with Crippen LogP contribution >= 0.6 is 11.6 Å². The van der Waals surface area contributed by atoms with Crippen LogP contribution in [-0.2, 0) is 17.8 Å². The van der Waals surface area contributed by atoms with E-state index in [9.17, 15) is 4.79 Å². The quantitative estimate of drug-likeness (QED) is 0.902. The molecule has 0 radical (unpaired) electrons. The molecule has 0 saturated carbocycles. The topological polar surface area (TPSA) is 46.9 Å². The van der Waals surface area contributed by atoms with Gasteiger partial charge in [-0.3, -0.25) is 9.48 Å². The lowest BCUT2D eigenvalue weighted by Gasteiger charge is -2.25. The van der Waals surface area contributed by atoms with Gasteiger partial charge in [0.1, 0.15) is 5.78 Å². The molecule has 5 heteroatoms. The second-order valence-electron chi connectivity index (χ2n) is 5.32. The van der Waals surface area contributed by atoms with E-state index in [4.69, 9.17) is 11.6 Å². The van der Waals surface area contributed by atoms with E-state index in [-0.39, 0.29) is 11.2 Å². The van der Waals surface area contributed by atoms with Crippen LogP contribution < -0.4 is 5.32 Å². The monoisotopic (exact) mass is 283 g/mol. The van der Waals surface area contributed by atoms with Crippen molar-refractivity contribution >= 4 is 17.4 Å². The minimum absolute atomic E-state index is 0.208. The normalized spacial score (nSPS) is 22.9. The Balaban J connectivity index is 2.23. The van der Waals surface area contributed by atoms with E-state index in [0.29, 0.717) is 11.4 Å². The summed E-state index contributed by atoms with van der Waals surface area (Å²) < 4.78 is 1.85. The Kier molecular flexibility index (Phi) is 4.31. The molecular weight excluding hydrogens is 262 g/mol. The maximum absolute atomic E-state index is 12.7. The maximum atomic E-state index is 12.7. The van der Waals surface area contributed by atoms with Crippen LogP contribution in [0, 0.1) is 12.3 Å². The summed E-state index contributed by atoms with van der Waals surface area (Å²) in [5.74, 6) is 0.288. The molecule has 0 amide bonds. The number of nitrogens with one attached hydrogen (secondary N) is 1. The number of rotatable bonds is 5. The highest BCUT2D eigenvalue weighted by Gasteiger charge is 2.39. The number of aromatic nitrogens is 2. The highest BCUT2D eigenvalue weighted by Crippen LogP contribution is 2.33. The SMILES string of the molecule is CCn1nc(C)c(Cl)c1CC(=O)C1(CC)CCNC1. The molecule has 0 aromatic carbocycles. The summed E-state index contributed by atoms with van der Waals surface area (Å²) in [4.78, 5) is 12.7. The first-order valence-electron chi connectivity index (χ1n) is 7.00. The smallest absolute Gasteiger partial charge is 0.146 e. The first-order chi connectivity index (χ1) is 9.04. The largest absolute Gasteiger partial charge is 0.316 e. The highest BCUT2D eigenvalue weighted by atomic mass is 35.5. The van der Waals surface area contributed by atoms with Gasteiger partial charge in [-0.05, 0) is 33.2 Å². The van der Waals surface area contributed by atoms with Crippen molar-refractivity contribution < 1.29 is 4.79 Å². The number of halogens is 1. The van der Waals surface area contributed by atoms with Crippen LogP contribution in [0.4, 0.5) is 0 Å². The summed E-state index contributed by atoms with van der Waals surface area (Å²) in [7, 11) is 0. The molecule has 1 fully saturated rings. The second-order valence-corrected chi connectivity index (χ2v) is 5.70. The average molecular weight is 284 g/mol. The van der Waals surface area contributed by atoms with Crippen molar-refractivity contribution in [3.05, 3.63) is 16.4 Å². The highest BCUT2D eigenvalue weighted by molar-refractivity contribution is 6.32. The summed E-state index contributed by atoms with van der Waals surface area (Å²) in [5, 5.41) is 8.32. The Hall–Kier alpha value is -0.870. The molecule has 0 aliphatic carbocycles. The number of Topliss-reactive ketones (excluding diaryl/α,β-unsaturated/α-hetero) is 1. The van der Waals surface area contributed by atoms with Gasteiger partial charge in [0.25, 0.3) is 0 Å². The molecule has 2 heterocycles. The molecule has 1 aliphatic rings. The van der Waals surface area contributed by atoms with E-state index < -0.39 is 0 Å². The number of hydrogen-bond donors (Lipinski definition) is 1. The zero-order chi connectivity index (χ0) is 14.0. The van der Waals surface area contributed by atoms with Gasteiger partial charge in [-0.15, -0.1) is 0 Å². The first kappa shape index (κ1) is 14.5. The van der Waals surface area contributed by atoms with E-state index in [1.807, 2.05) is 18.5 Å². The van der Waals surface area contributed by atoms with Crippen molar-refractivity contribution in [2.75, 3.05) is 13.1 Å². The molecule has 1 saturated heterocycles. The molecule has 0 bridgehead atoms. The summed E-state index contributed by atoms with van der Waals surface area (Å²) in [6.45, 7) is 8.46. The van der Waals surface area contributed by atoms with Gasteiger partial charge in [-0.1, -0.05) is 18.5 Å². The average Bonchev–Trinajstić information content (AvgIpc) is 2.99. The Labute approximate surface area is 119 Å². The van der Waals surface area contributed by atoms with Crippen molar-refractivity contribution in [1.82, 2.24) is 15.1 Å². The molecule has 2 rings (SSSR count). The van der Waals surface area contributed by atoms with Crippen LogP contribution in [0.15, 0.2) is 0 Å². The number of hydrogen-bond acceptors (Lipinski definition) is 3. The molecule has 1 aromatic rings. The summed E-state index contributed by atoms with van der Waals surface area (Å²) in [6, 6.07) is 0. The predicted molar refractivity (Wildman–Crippen MR) is 76.6 cm³/mol. The fraction of sp³-hybridized carbons (Fsp3) is 0.714. The Morgan fingerprint density at radius 3 is 2.79 bits per heavy atom. The fourth-order valence-electron chi connectivity index (χ4n) is 2.86. The van der Waals surface area contributed by atoms with Gasteiger partial charge in [0.05, 0.1) is 22.8 Å². The van der Waals surface area contributed by atoms with E-state index >= 15 is 0 Å². The van der Waals surface area contributed by atoms with Crippen molar-refractivity contribution in [3.8, 4) is 0 Å². The van der Waals surface area contributed by atoms with Gasteiger partial charge in [0.15, 0.2) is 0 Å². The molecule has 1 unspecified atom stereocenters. The molecule has 19 heavy (non-hydrogen) atoms. The summed E-state index contributed by atoms with van der Waals surface area (Å²) in [6.07, 6.45) is 2.21. The van der Waals surface area contributed by atoms with Crippen LogP contribution in [0.5, 0.6) is 0 Å². The molecule has 1 aromatic heterocycles. The van der Waals surface area contributed by atoms with E-state index in [2.05, 4.69) is 17.3 Å². The predicted octanol–water partition coefficient (Wildman–Crippen LogP) is 2.37. The third-order valence-electron chi connectivity index (χ3n) is 4.29. The van der Waals surface area contributed by atoms with Gasteiger partial charge in [0.2, 0.25) is 0 Å². The molecule has 106 valence electrons. The number of carbonyl (C=O) groups excluding carboxylic acids is 1. The molecular formula is C14H22ClN3O. The second kappa shape index (κ2) is 5.63. The Bertz CT molecular complexity index is 475. The van der Waals surface area contributed by atoms with Crippen LogP contribution in [0.2, 0.25) is 5.02 Å². The van der Waals surface area contributed by atoms with Gasteiger partial charge >= 0.3 is 0 Å². The Morgan fingerprint density at radius 2 is 2.26 bits per heavy atom. The van der Waals surface area contributed by atoms with Crippen molar-refractivity contribution in [2.24, 2.45) is 5.41 Å². The lowest BCUT2D eigenvalue weighted by Crippen LogP contribution is -2.34. The van der Waals surface area contributed by atoms with Crippen molar-refractivity contribution in [3.63, 3.8) is 0 Å². The third kappa shape index (κ3) is 2.56. The number of carbonyl (C=O) groups is 1. The third-order valence-corrected chi connectivity index (χ3v) is 4.78.